The second-order valence-corrected chi connectivity index (χ2v) is 4.38. The summed E-state index contributed by atoms with van der Waals surface area (Å²) in [6, 6.07) is 9.39. The van der Waals surface area contributed by atoms with Crippen molar-refractivity contribution in [3.63, 3.8) is 0 Å². The van der Waals surface area contributed by atoms with Crippen LogP contribution in [0.15, 0.2) is 34.8 Å². The summed E-state index contributed by atoms with van der Waals surface area (Å²) < 4.78 is 0.998. The van der Waals surface area contributed by atoms with Crippen LogP contribution in [0.3, 0.4) is 0 Å². The first-order valence-corrected chi connectivity index (χ1v) is 5.30. The zero-order valence-electron chi connectivity index (χ0n) is 8.12. The highest BCUT2D eigenvalue weighted by molar-refractivity contribution is 9.10. The molecule has 0 saturated heterocycles. The number of fused-ring (bicyclic) bond motifs is 1. The van der Waals surface area contributed by atoms with Crippen LogP contribution in [0, 0.1) is 6.92 Å². The Labute approximate surface area is 95.7 Å². The lowest BCUT2D eigenvalue weighted by molar-refractivity contribution is 0.0696. The molecule has 2 aromatic carbocycles. The van der Waals surface area contributed by atoms with Gasteiger partial charge in [-0.2, -0.15) is 0 Å². The second kappa shape index (κ2) is 3.66. The molecule has 3 heteroatoms. The van der Waals surface area contributed by atoms with Gasteiger partial charge in [0.2, 0.25) is 0 Å². The number of hydrogen-bond acceptors (Lipinski definition) is 1. The van der Waals surface area contributed by atoms with Gasteiger partial charge < -0.3 is 5.11 Å². The summed E-state index contributed by atoms with van der Waals surface area (Å²) in [7, 11) is 0. The van der Waals surface area contributed by atoms with Crippen molar-refractivity contribution in [2.24, 2.45) is 0 Å². The Kier molecular flexibility index (Phi) is 2.49. The maximum absolute atomic E-state index is 10.9. The molecule has 76 valence electrons. The van der Waals surface area contributed by atoms with E-state index in [4.69, 9.17) is 5.11 Å². The smallest absolute Gasteiger partial charge is 0.335 e. The molecular formula is C12H9BrO2. The molecule has 0 unspecified atom stereocenters. The van der Waals surface area contributed by atoms with Gasteiger partial charge in [-0.05, 0) is 41.5 Å². The Morgan fingerprint density at radius 3 is 2.60 bits per heavy atom. The predicted molar refractivity (Wildman–Crippen MR) is 63.3 cm³/mol. The fraction of sp³-hybridized carbons (Fsp3) is 0.0833. The number of carboxylic acid groups (broad SMARTS) is 1. The van der Waals surface area contributed by atoms with E-state index in [0.717, 1.165) is 20.8 Å². The second-order valence-electron chi connectivity index (χ2n) is 3.46. The van der Waals surface area contributed by atoms with Gasteiger partial charge in [-0.25, -0.2) is 4.79 Å². The van der Waals surface area contributed by atoms with Gasteiger partial charge in [0.15, 0.2) is 0 Å². The molecule has 15 heavy (non-hydrogen) atoms. The standard InChI is InChI=1S/C12H9BrO2/c1-7-4-9-5-10(13)3-2-8(9)6-11(7)12(14)15/h2-6H,1H3,(H,14,15). The van der Waals surface area contributed by atoms with Gasteiger partial charge in [0.25, 0.3) is 0 Å². The summed E-state index contributed by atoms with van der Waals surface area (Å²) >= 11 is 3.39. The van der Waals surface area contributed by atoms with Crippen LogP contribution in [0.4, 0.5) is 0 Å². The van der Waals surface area contributed by atoms with E-state index in [0.29, 0.717) is 5.56 Å². The average Bonchev–Trinajstić information content (AvgIpc) is 2.15. The lowest BCUT2D eigenvalue weighted by atomic mass is 10.0. The number of carbonyl (C=O) groups is 1. The van der Waals surface area contributed by atoms with Gasteiger partial charge in [0.05, 0.1) is 5.56 Å². The predicted octanol–water partition coefficient (Wildman–Crippen LogP) is 3.61. The van der Waals surface area contributed by atoms with Crippen molar-refractivity contribution in [2.45, 2.75) is 6.92 Å². The fourth-order valence-corrected chi connectivity index (χ4v) is 1.99. The zero-order chi connectivity index (χ0) is 11.0. The van der Waals surface area contributed by atoms with Crippen LogP contribution in [0.2, 0.25) is 0 Å². The van der Waals surface area contributed by atoms with Crippen molar-refractivity contribution >= 4 is 32.7 Å². The SMILES string of the molecule is Cc1cc2cc(Br)ccc2cc1C(=O)O. The first-order chi connectivity index (χ1) is 7.08. The van der Waals surface area contributed by atoms with Crippen molar-refractivity contribution in [1.29, 1.82) is 0 Å². The van der Waals surface area contributed by atoms with E-state index >= 15 is 0 Å². The van der Waals surface area contributed by atoms with Gasteiger partial charge in [-0.1, -0.05) is 28.1 Å². The average molecular weight is 265 g/mol. The third kappa shape index (κ3) is 1.88. The van der Waals surface area contributed by atoms with Crippen molar-refractivity contribution in [2.75, 3.05) is 0 Å². The minimum Gasteiger partial charge on any atom is -0.478 e. The van der Waals surface area contributed by atoms with Crippen LogP contribution < -0.4 is 0 Å². The van der Waals surface area contributed by atoms with Crippen molar-refractivity contribution in [3.05, 3.63) is 45.9 Å². The number of benzene rings is 2. The lowest BCUT2D eigenvalue weighted by Gasteiger charge is -2.04. The topological polar surface area (TPSA) is 37.3 Å². The normalized spacial score (nSPS) is 10.5. The molecule has 0 aliphatic rings. The third-order valence-corrected chi connectivity index (χ3v) is 2.87. The molecule has 0 aliphatic heterocycles. The highest BCUT2D eigenvalue weighted by Crippen LogP contribution is 2.23. The molecule has 0 spiro atoms. The summed E-state index contributed by atoms with van der Waals surface area (Å²) in [6.07, 6.45) is 0. The molecule has 2 rings (SSSR count). The van der Waals surface area contributed by atoms with Crippen LogP contribution in [0.25, 0.3) is 10.8 Å². The molecule has 0 aliphatic carbocycles. The Morgan fingerprint density at radius 1 is 1.20 bits per heavy atom. The first kappa shape index (κ1) is 10.2. The van der Waals surface area contributed by atoms with Gasteiger partial charge >= 0.3 is 5.97 Å². The molecule has 0 saturated carbocycles. The highest BCUT2D eigenvalue weighted by atomic mass is 79.9. The number of carboxylic acids is 1. The minimum atomic E-state index is -0.877. The molecule has 0 radical (unpaired) electrons. The van der Waals surface area contributed by atoms with E-state index in [-0.39, 0.29) is 0 Å². The monoisotopic (exact) mass is 264 g/mol. The molecule has 0 amide bonds. The molecule has 2 aromatic rings. The Morgan fingerprint density at radius 2 is 1.93 bits per heavy atom. The van der Waals surface area contributed by atoms with E-state index in [1.807, 2.05) is 31.2 Å². The van der Waals surface area contributed by atoms with Crippen LogP contribution in [-0.4, -0.2) is 11.1 Å². The molecule has 0 fully saturated rings. The molecule has 0 atom stereocenters. The quantitative estimate of drug-likeness (QED) is 0.855. The number of halogens is 1. The van der Waals surface area contributed by atoms with Gasteiger partial charge in [0.1, 0.15) is 0 Å². The molecular weight excluding hydrogens is 256 g/mol. The number of aryl methyl sites for hydroxylation is 1. The molecule has 0 aromatic heterocycles. The van der Waals surface area contributed by atoms with E-state index in [9.17, 15) is 4.79 Å². The largest absolute Gasteiger partial charge is 0.478 e. The number of hydrogen-bond donors (Lipinski definition) is 1. The summed E-state index contributed by atoms with van der Waals surface area (Å²) in [5.74, 6) is -0.877. The van der Waals surface area contributed by atoms with E-state index in [1.54, 1.807) is 6.07 Å². The van der Waals surface area contributed by atoms with E-state index in [2.05, 4.69) is 15.9 Å². The van der Waals surface area contributed by atoms with Crippen molar-refractivity contribution < 1.29 is 9.90 Å². The van der Waals surface area contributed by atoms with Crippen molar-refractivity contribution in [1.82, 2.24) is 0 Å². The van der Waals surface area contributed by atoms with Gasteiger partial charge in [-0.15, -0.1) is 0 Å². The van der Waals surface area contributed by atoms with Crippen LogP contribution in [0.1, 0.15) is 15.9 Å². The Bertz CT molecular complexity index is 547. The number of rotatable bonds is 1. The fourth-order valence-electron chi connectivity index (χ4n) is 1.61. The van der Waals surface area contributed by atoms with Crippen LogP contribution in [-0.2, 0) is 0 Å². The lowest BCUT2D eigenvalue weighted by Crippen LogP contribution is -1.99. The maximum atomic E-state index is 10.9. The summed E-state index contributed by atoms with van der Waals surface area (Å²) in [4.78, 5) is 10.9. The van der Waals surface area contributed by atoms with Crippen LogP contribution >= 0.6 is 15.9 Å². The van der Waals surface area contributed by atoms with Gasteiger partial charge in [0, 0.05) is 4.47 Å². The molecule has 0 heterocycles. The molecule has 0 bridgehead atoms. The summed E-state index contributed by atoms with van der Waals surface area (Å²) in [6.45, 7) is 1.81. The Balaban J connectivity index is 2.76. The minimum absolute atomic E-state index is 0.366. The van der Waals surface area contributed by atoms with Crippen LogP contribution in [0.5, 0.6) is 0 Å². The van der Waals surface area contributed by atoms with E-state index in [1.165, 1.54) is 0 Å². The summed E-state index contributed by atoms with van der Waals surface area (Å²) in [5.41, 5.74) is 1.15. The van der Waals surface area contributed by atoms with Crippen molar-refractivity contribution in [3.8, 4) is 0 Å². The van der Waals surface area contributed by atoms with Gasteiger partial charge in [-0.3, -0.25) is 0 Å². The summed E-state index contributed by atoms with van der Waals surface area (Å²) in [5, 5.41) is 11.0. The maximum Gasteiger partial charge on any atom is 0.335 e. The molecule has 2 nitrogen and oxygen atoms in total. The third-order valence-electron chi connectivity index (χ3n) is 2.38. The Hall–Kier alpha value is -1.35. The molecule has 1 N–H and O–H groups in total. The number of aromatic carboxylic acids is 1. The first-order valence-electron chi connectivity index (χ1n) is 4.51. The van der Waals surface area contributed by atoms with E-state index < -0.39 is 5.97 Å². The zero-order valence-corrected chi connectivity index (χ0v) is 9.71. The highest BCUT2D eigenvalue weighted by Gasteiger charge is 2.08.